The van der Waals surface area contributed by atoms with E-state index in [2.05, 4.69) is 5.32 Å². The van der Waals surface area contributed by atoms with Crippen molar-refractivity contribution in [1.82, 2.24) is 14.5 Å². The molecule has 1 N–H and O–H groups in total. The van der Waals surface area contributed by atoms with Crippen LogP contribution in [0.4, 0.5) is 4.79 Å². The van der Waals surface area contributed by atoms with Gasteiger partial charge in [0.05, 0.1) is 4.90 Å². The second kappa shape index (κ2) is 8.73. The zero-order valence-corrected chi connectivity index (χ0v) is 16.4. The third-order valence-corrected chi connectivity index (χ3v) is 6.67. The molecule has 144 valence electrons. The van der Waals surface area contributed by atoms with Crippen molar-refractivity contribution in [3.8, 4) is 0 Å². The average molecular weight is 408 g/mol. The molecule has 0 saturated carbocycles. The SMILES string of the molecule is O=C(NCCc1ccccc1)N1CCN(S(=O)(=O)c2ccc(Cl)cc2)CC1. The van der Waals surface area contributed by atoms with Gasteiger partial charge in [0, 0.05) is 37.7 Å². The predicted molar refractivity (Wildman–Crippen MR) is 105 cm³/mol. The minimum absolute atomic E-state index is 0.158. The maximum Gasteiger partial charge on any atom is 0.317 e. The average Bonchev–Trinajstić information content (AvgIpc) is 2.69. The molecule has 0 bridgehead atoms. The predicted octanol–water partition coefficient (Wildman–Crippen LogP) is 2.60. The second-order valence-electron chi connectivity index (χ2n) is 6.31. The van der Waals surface area contributed by atoms with Gasteiger partial charge in [-0.1, -0.05) is 41.9 Å². The summed E-state index contributed by atoms with van der Waals surface area (Å²) in [5, 5.41) is 3.39. The van der Waals surface area contributed by atoms with Gasteiger partial charge in [-0.3, -0.25) is 0 Å². The van der Waals surface area contributed by atoms with E-state index in [1.54, 1.807) is 17.0 Å². The number of sulfonamides is 1. The van der Waals surface area contributed by atoms with E-state index in [4.69, 9.17) is 11.6 Å². The summed E-state index contributed by atoms with van der Waals surface area (Å²) in [7, 11) is -3.56. The van der Waals surface area contributed by atoms with Crippen LogP contribution < -0.4 is 5.32 Å². The Balaban J connectivity index is 1.49. The molecule has 2 amide bonds. The highest BCUT2D eigenvalue weighted by atomic mass is 35.5. The smallest absolute Gasteiger partial charge is 0.317 e. The molecule has 0 unspecified atom stereocenters. The van der Waals surface area contributed by atoms with Gasteiger partial charge in [0.2, 0.25) is 10.0 Å². The highest BCUT2D eigenvalue weighted by Gasteiger charge is 2.29. The number of nitrogens with zero attached hydrogens (tertiary/aromatic N) is 2. The molecule has 0 atom stereocenters. The van der Waals surface area contributed by atoms with E-state index in [1.165, 1.54) is 16.4 Å². The van der Waals surface area contributed by atoms with Gasteiger partial charge < -0.3 is 10.2 Å². The van der Waals surface area contributed by atoms with Gasteiger partial charge >= 0.3 is 6.03 Å². The van der Waals surface area contributed by atoms with Crippen LogP contribution >= 0.6 is 11.6 Å². The molecule has 6 nitrogen and oxygen atoms in total. The highest BCUT2D eigenvalue weighted by molar-refractivity contribution is 7.89. The lowest BCUT2D eigenvalue weighted by molar-refractivity contribution is 0.172. The Labute approximate surface area is 164 Å². The van der Waals surface area contributed by atoms with E-state index >= 15 is 0 Å². The number of hydrogen-bond donors (Lipinski definition) is 1. The van der Waals surface area contributed by atoms with Crippen LogP contribution in [0.15, 0.2) is 59.5 Å². The Bertz CT molecular complexity index is 865. The maximum absolute atomic E-state index is 12.7. The van der Waals surface area contributed by atoms with Gasteiger partial charge in [-0.25, -0.2) is 13.2 Å². The van der Waals surface area contributed by atoms with E-state index in [0.717, 1.165) is 12.0 Å². The lowest BCUT2D eigenvalue weighted by Gasteiger charge is -2.34. The molecule has 1 aliphatic heterocycles. The lowest BCUT2D eigenvalue weighted by Crippen LogP contribution is -2.53. The summed E-state index contributed by atoms with van der Waals surface area (Å²) in [6.07, 6.45) is 0.761. The first-order valence-corrected chi connectivity index (χ1v) is 10.6. The number of hydrogen-bond acceptors (Lipinski definition) is 3. The Hall–Kier alpha value is -2.09. The number of amides is 2. The van der Waals surface area contributed by atoms with Crippen LogP contribution in [0.3, 0.4) is 0 Å². The van der Waals surface area contributed by atoms with Crippen LogP contribution in [0.2, 0.25) is 5.02 Å². The van der Waals surface area contributed by atoms with Gasteiger partial charge in [0.25, 0.3) is 0 Å². The Morgan fingerprint density at radius 2 is 1.59 bits per heavy atom. The molecule has 2 aromatic rings. The fraction of sp³-hybridized carbons (Fsp3) is 0.316. The third-order valence-electron chi connectivity index (χ3n) is 4.51. The largest absolute Gasteiger partial charge is 0.338 e. The van der Waals surface area contributed by atoms with Crippen LogP contribution in [0, 0.1) is 0 Å². The van der Waals surface area contributed by atoms with Crippen LogP contribution in [-0.2, 0) is 16.4 Å². The Kier molecular flexibility index (Phi) is 6.36. The molecule has 1 saturated heterocycles. The van der Waals surface area contributed by atoms with Crippen LogP contribution in [0.25, 0.3) is 0 Å². The molecular formula is C19H22ClN3O3S. The molecular weight excluding hydrogens is 386 g/mol. The highest BCUT2D eigenvalue weighted by Crippen LogP contribution is 2.19. The van der Waals surface area contributed by atoms with Gasteiger partial charge in [-0.15, -0.1) is 0 Å². The van der Waals surface area contributed by atoms with E-state index < -0.39 is 10.0 Å². The molecule has 2 aromatic carbocycles. The van der Waals surface area contributed by atoms with E-state index in [-0.39, 0.29) is 24.0 Å². The van der Waals surface area contributed by atoms with E-state index in [0.29, 0.717) is 24.7 Å². The van der Waals surface area contributed by atoms with Crippen LogP contribution in [-0.4, -0.2) is 56.4 Å². The van der Waals surface area contributed by atoms with Gasteiger partial charge in [-0.05, 0) is 36.2 Å². The number of nitrogens with one attached hydrogen (secondary N) is 1. The summed E-state index contributed by atoms with van der Waals surface area (Å²) in [5.74, 6) is 0. The maximum atomic E-state index is 12.7. The minimum atomic E-state index is -3.56. The third kappa shape index (κ3) is 5.00. The fourth-order valence-electron chi connectivity index (χ4n) is 2.96. The zero-order valence-electron chi connectivity index (χ0n) is 14.8. The summed E-state index contributed by atoms with van der Waals surface area (Å²) < 4.78 is 26.7. The topological polar surface area (TPSA) is 69.7 Å². The summed E-state index contributed by atoms with van der Waals surface area (Å²) in [4.78, 5) is 14.2. The standard InChI is InChI=1S/C19H22ClN3O3S/c20-17-6-8-18(9-7-17)27(25,26)23-14-12-22(13-15-23)19(24)21-11-10-16-4-2-1-3-5-16/h1-9H,10-15H2,(H,21,24). The molecule has 1 aliphatic rings. The molecule has 0 radical (unpaired) electrons. The molecule has 3 rings (SSSR count). The summed E-state index contributed by atoms with van der Waals surface area (Å²) in [6.45, 7) is 1.83. The first-order valence-electron chi connectivity index (χ1n) is 8.79. The van der Waals surface area contributed by atoms with E-state index in [1.807, 2.05) is 30.3 Å². The molecule has 27 heavy (non-hydrogen) atoms. The van der Waals surface area contributed by atoms with Crippen molar-refractivity contribution < 1.29 is 13.2 Å². The van der Waals surface area contributed by atoms with Crippen LogP contribution in [0.5, 0.6) is 0 Å². The minimum Gasteiger partial charge on any atom is -0.338 e. The number of carbonyl (C=O) groups excluding carboxylic acids is 1. The van der Waals surface area contributed by atoms with Gasteiger partial charge in [-0.2, -0.15) is 4.31 Å². The van der Waals surface area contributed by atoms with Gasteiger partial charge in [0.1, 0.15) is 0 Å². The second-order valence-corrected chi connectivity index (χ2v) is 8.69. The van der Waals surface area contributed by atoms with Gasteiger partial charge in [0.15, 0.2) is 0 Å². The molecule has 0 aromatic heterocycles. The number of rotatable bonds is 5. The number of piperazine rings is 1. The number of carbonyl (C=O) groups is 1. The normalized spacial score (nSPS) is 15.5. The first-order chi connectivity index (χ1) is 13.0. The number of halogens is 1. The number of urea groups is 1. The summed E-state index contributed by atoms with van der Waals surface area (Å²) >= 11 is 5.82. The van der Waals surface area contributed by atoms with Crippen molar-refractivity contribution in [1.29, 1.82) is 0 Å². The summed E-state index contributed by atoms with van der Waals surface area (Å²) in [6, 6.07) is 15.9. The van der Waals surface area contributed by atoms with E-state index in [9.17, 15) is 13.2 Å². The fourth-order valence-corrected chi connectivity index (χ4v) is 4.51. The van der Waals surface area contributed by atoms with Crippen molar-refractivity contribution in [2.75, 3.05) is 32.7 Å². The summed E-state index contributed by atoms with van der Waals surface area (Å²) in [5.41, 5.74) is 1.16. The van der Waals surface area contributed by atoms with Crippen molar-refractivity contribution >= 4 is 27.7 Å². The molecule has 8 heteroatoms. The first kappa shape index (κ1) is 19.7. The lowest BCUT2D eigenvalue weighted by atomic mass is 10.1. The van der Waals surface area contributed by atoms with Crippen molar-refractivity contribution in [3.05, 3.63) is 65.2 Å². The Morgan fingerprint density at radius 1 is 0.963 bits per heavy atom. The quantitative estimate of drug-likeness (QED) is 0.828. The molecule has 1 heterocycles. The molecule has 0 spiro atoms. The molecule has 1 fully saturated rings. The van der Waals surface area contributed by atoms with Crippen molar-refractivity contribution in [3.63, 3.8) is 0 Å². The number of benzene rings is 2. The molecule has 0 aliphatic carbocycles. The van der Waals surface area contributed by atoms with Crippen LogP contribution in [0.1, 0.15) is 5.56 Å². The van der Waals surface area contributed by atoms with Crippen molar-refractivity contribution in [2.45, 2.75) is 11.3 Å². The zero-order chi connectivity index (χ0) is 19.3. The van der Waals surface area contributed by atoms with Crippen molar-refractivity contribution in [2.24, 2.45) is 0 Å². The monoisotopic (exact) mass is 407 g/mol. The Morgan fingerprint density at radius 3 is 2.22 bits per heavy atom.